The van der Waals surface area contributed by atoms with Gasteiger partial charge in [-0.3, -0.25) is 0 Å². The smallest absolute Gasteiger partial charge is 0.338 e. The van der Waals surface area contributed by atoms with Crippen molar-refractivity contribution in [3.63, 3.8) is 0 Å². The maximum absolute atomic E-state index is 11.3. The number of ether oxygens (including phenoxy) is 2. The topological polar surface area (TPSA) is 72.8 Å². The van der Waals surface area contributed by atoms with E-state index in [1.807, 2.05) is 0 Å². The first-order valence-electron chi connectivity index (χ1n) is 5.09. The standard InChI is InChI=1S/C11H18O5/c1-5-15-9(12)8(3)7-11(4,14)10(13)16-6-2/h14H,3,5-7H2,1-2,4H3. The molecule has 1 N–H and O–H groups in total. The highest BCUT2D eigenvalue weighted by molar-refractivity contribution is 5.90. The lowest BCUT2D eigenvalue weighted by molar-refractivity contribution is -0.163. The van der Waals surface area contributed by atoms with Crippen LogP contribution in [0.25, 0.3) is 0 Å². The van der Waals surface area contributed by atoms with Crippen LogP contribution in [-0.4, -0.2) is 35.9 Å². The van der Waals surface area contributed by atoms with Crippen molar-refractivity contribution in [1.82, 2.24) is 0 Å². The Kier molecular flexibility index (Phi) is 5.74. The molecule has 0 aromatic carbocycles. The van der Waals surface area contributed by atoms with Gasteiger partial charge in [-0.2, -0.15) is 0 Å². The number of esters is 2. The molecule has 0 aliphatic heterocycles. The van der Waals surface area contributed by atoms with E-state index in [9.17, 15) is 14.7 Å². The molecule has 16 heavy (non-hydrogen) atoms. The van der Waals surface area contributed by atoms with Crippen LogP contribution < -0.4 is 0 Å². The van der Waals surface area contributed by atoms with Crippen LogP contribution >= 0.6 is 0 Å². The van der Waals surface area contributed by atoms with Crippen molar-refractivity contribution < 1.29 is 24.2 Å². The van der Waals surface area contributed by atoms with Gasteiger partial charge < -0.3 is 14.6 Å². The summed E-state index contributed by atoms with van der Waals surface area (Å²) in [6, 6.07) is 0. The molecule has 0 aliphatic carbocycles. The fourth-order valence-corrected chi connectivity index (χ4v) is 1.08. The molecule has 0 amide bonds. The number of carbonyl (C=O) groups is 2. The summed E-state index contributed by atoms with van der Waals surface area (Å²) in [5, 5.41) is 9.76. The van der Waals surface area contributed by atoms with Crippen molar-refractivity contribution in [2.45, 2.75) is 32.8 Å². The molecule has 1 unspecified atom stereocenters. The van der Waals surface area contributed by atoms with Gasteiger partial charge in [0.15, 0.2) is 5.60 Å². The zero-order valence-corrected chi connectivity index (χ0v) is 9.91. The maximum atomic E-state index is 11.3. The average Bonchev–Trinajstić information content (AvgIpc) is 2.17. The fraction of sp³-hybridized carbons (Fsp3) is 0.636. The molecule has 1 atom stereocenters. The van der Waals surface area contributed by atoms with Crippen LogP contribution in [0, 0.1) is 0 Å². The van der Waals surface area contributed by atoms with Gasteiger partial charge in [0.05, 0.1) is 13.2 Å². The summed E-state index contributed by atoms with van der Waals surface area (Å²) in [6.07, 6.45) is -0.204. The second-order valence-corrected chi connectivity index (χ2v) is 3.50. The quantitative estimate of drug-likeness (QED) is 0.540. The van der Waals surface area contributed by atoms with Gasteiger partial charge in [-0.15, -0.1) is 0 Å². The summed E-state index contributed by atoms with van der Waals surface area (Å²) in [5.74, 6) is -1.40. The molecule has 0 saturated heterocycles. The zero-order chi connectivity index (χ0) is 12.8. The Morgan fingerprint density at radius 2 is 1.75 bits per heavy atom. The van der Waals surface area contributed by atoms with Crippen LogP contribution in [0.4, 0.5) is 0 Å². The molecular weight excluding hydrogens is 212 g/mol. The molecule has 0 heterocycles. The lowest BCUT2D eigenvalue weighted by atomic mass is 9.97. The normalized spacial score (nSPS) is 13.8. The fourth-order valence-electron chi connectivity index (χ4n) is 1.08. The van der Waals surface area contributed by atoms with Crippen LogP contribution in [-0.2, 0) is 19.1 Å². The highest BCUT2D eigenvalue weighted by Gasteiger charge is 2.34. The average molecular weight is 230 g/mol. The molecule has 0 aromatic rings. The first kappa shape index (κ1) is 14.6. The summed E-state index contributed by atoms with van der Waals surface area (Å²) in [4.78, 5) is 22.5. The van der Waals surface area contributed by atoms with Crippen LogP contribution in [0.1, 0.15) is 27.2 Å². The summed E-state index contributed by atoms with van der Waals surface area (Å²) in [5.41, 5.74) is -1.71. The van der Waals surface area contributed by atoms with E-state index in [2.05, 4.69) is 16.1 Å². The van der Waals surface area contributed by atoms with Gasteiger partial charge in [-0.05, 0) is 20.8 Å². The van der Waals surface area contributed by atoms with E-state index in [0.717, 1.165) is 0 Å². The predicted molar refractivity (Wildman–Crippen MR) is 57.6 cm³/mol. The Morgan fingerprint density at radius 3 is 2.19 bits per heavy atom. The van der Waals surface area contributed by atoms with Crippen molar-refractivity contribution in [2.75, 3.05) is 13.2 Å². The van der Waals surface area contributed by atoms with Crippen LogP contribution in [0.15, 0.2) is 12.2 Å². The Hall–Kier alpha value is -1.36. The van der Waals surface area contributed by atoms with E-state index < -0.39 is 17.5 Å². The molecule has 92 valence electrons. The first-order valence-corrected chi connectivity index (χ1v) is 5.09. The van der Waals surface area contributed by atoms with Crippen molar-refractivity contribution >= 4 is 11.9 Å². The minimum absolute atomic E-state index is 0.0416. The molecule has 0 aromatic heterocycles. The second-order valence-electron chi connectivity index (χ2n) is 3.50. The van der Waals surface area contributed by atoms with Gasteiger partial charge in [0.1, 0.15) is 0 Å². The largest absolute Gasteiger partial charge is 0.464 e. The van der Waals surface area contributed by atoms with Gasteiger partial charge in [0.25, 0.3) is 0 Å². The summed E-state index contributed by atoms with van der Waals surface area (Å²) < 4.78 is 9.35. The lowest BCUT2D eigenvalue weighted by Gasteiger charge is -2.21. The Balaban J connectivity index is 4.41. The summed E-state index contributed by atoms with van der Waals surface area (Å²) >= 11 is 0. The maximum Gasteiger partial charge on any atom is 0.338 e. The van der Waals surface area contributed by atoms with Crippen molar-refractivity contribution in [3.05, 3.63) is 12.2 Å². The second kappa shape index (κ2) is 6.27. The summed E-state index contributed by atoms with van der Waals surface area (Å²) in [7, 11) is 0. The van der Waals surface area contributed by atoms with Gasteiger partial charge in [0, 0.05) is 12.0 Å². The Labute approximate surface area is 95.0 Å². The van der Waals surface area contributed by atoms with Crippen LogP contribution in [0.5, 0.6) is 0 Å². The first-order chi connectivity index (χ1) is 7.35. The van der Waals surface area contributed by atoms with Crippen LogP contribution in [0.2, 0.25) is 0 Å². The van der Waals surface area contributed by atoms with Crippen LogP contribution in [0.3, 0.4) is 0 Å². The third-order valence-electron chi connectivity index (χ3n) is 1.84. The molecule has 5 heteroatoms. The zero-order valence-electron chi connectivity index (χ0n) is 9.91. The molecule has 5 nitrogen and oxygen atoms in total. The Bertz CT molecular complexity index is 280. The molecular formula is C11H18O5. The SMILES string of the molecule is C=C(CC(C)(O)C(=O)OCC)C(=O)OCC. The third kappa shape index (κ3) is 4.44. The minimum atomic E-state index is -1.75. The number of rotatable bonds is 6. The van der Waals surface area contributed by atoms with Crippen molar-refractivity contribution in [1.29, 1.82) is 0 Å². The van der Waals surface area contributed by atoms with E-state index in [1.54, 1.807) is 13.8 Å². The molecule has 0 rings (SSSR count). The van der Waals surface area contributed by atoms with E-state index in [0.29, 0.717) is 0 Å². The van der Waals surface area contributed by atoms with Gasteiger partial charge in [-0.1, -0.05) is 6.58 Å². The van der Waals surface area contributed by atoms with Gasteiger partial charge in [-0.25, -0.2) is 9.59 Å². The Morgan fingerprint density at radius 1 is 1.25 bits per heavy atom. The van der Waals surface area contributed by atoms with E-state index in [4.69, 9.17) is 0 Å². The molecule has 0 radical (unpaired) electrons. The van der Waals surface area contributed by atoms with Crippen molar-refractivity contribution in [3.8, 4) is 0 Å². The van der Waals surface area contributed by atoms with Gasteiger partial charge in [0.2, 0.25) is 0 Å². The molecule has 0 bridgehead atoms. The number of carbonyl (C=O) groups excluding carboxylic acids is 2. The highest BCUT2D eigenvalue weighted by Crippen LogP contribution is 2.18. The molecule has 0 saturated carbocycles. The molecule has 0 fully saturated rings. The third-order valence-corrected chi connectivity index (χ3v) is 1.84. The molecule has 0 aliphatic rings. The predicted octanol–water partition coefficient (Wildman–Crippen LogP) is 0.810. The number of aliphatic hydroxyl groups is 1. The lowest BCUT2D eigenvalue weighted by Crippen LogP contribution is -2.38. The van der Waals surface area contributed by atoms with Crippen molar-refractivity contribution in [2.24, 2.45) is 0 Å². The number of hydrogen-bond donors (Lipinski definition) is 1. The minimum Gasteiger partial charge on any atom is -0.464 e. The summed E-state index contributed by atoms with van der Waals surface area (Å²) in [6.45, 7) is 8.42. The number of hydrogen-bond acceptors (Lipinski definition) is 5. The highest BCUT2D eigenvalue weighted by atomic mass is 16.5. The van der Waals surface area contributed by atoms with E-state index in [1.165, 1.54) is 6.92 Å². The van der Waals surface area contributed by atoms with E-state index >= 15 is 0 Å². The monoisotopic (exact) mass is 230 g/mol. The van der Waals surface area contributed by atoms with Gasteiger partial charge >= 0.3 is 11.9 Å². The molecule has 0 spiro atoms. The van der Waals surface area contributed by atoms with E-state index in [-0.39, 0.29) is 25.2 Å².